The predicted molar refractivity (Wildman–Crippen MR) is 260 cm³/mol. The van der Waals surface area contributed by atoms with Crippen LogP contribution in [0.1, 0.15) is 107 Å². The third kappa shape index (κ3) is 18.1. The first-order valence-electron chi connectivity index (χ1n) is 22.8. The number of carbonyl (C=O) groups is 3. The van der Waals surface area contributed by atoms with Crippen LogP contribution in [-0.4, -0.2) is 71.5 Å². The Bertz CT molecular complexity index is 2300. The number of unbranched alkanes of at least 4 members (excludes halogenated alkanes) is 5. The fraction of sp³-hybridized carbons (Fsp3) is 0.412. The number of para-hydroxylation sites is 1. The maximum absolute atomic E-state index is 12.9. The quantitative estimate of drug-likeness (QED) is 0.0166. The summed E-state index contributed by atoms with van der Waals surface area (Å²) in [5.74, 6) is 1.65. The smallest absolute Gasteiger partial charge is 0.324 e. The summed E-state index contributed by atoms with van der Waals surface area (Å²) in [7, 11) is 0. The molecule has 66 heavy (non-hydrogen) atoms. The number of anilines is 2. The molecule has 15 heteroatoms. The Kier molecular flexibility index (Phi) is 21.1. The molecule has 5 aromatic rings. The maximum Gasteiger partial charge on any atom is 0.324 e. The third-order valence-electron chi connectivity index (χ3n) is 10.4. The van der Waals surface area contributed by atoms with E-state index >= 15 is 0 Å². The third-order valence-corrected chi connectivity index (χ3v) is 10.6. The molecule has 4 aromatic carbocycles. The highest BCUT2D eigenvalue weighted by atomic mass is 35.5. The predicted octanol–water partition coefficient (Wildman–Crippen LogP) is 12.0. The Balaban J connectivity index is 0.960. The lowest BCUT2D eigenvalue weighted by Crippen LogP contribution is -2.22. The van der Waals surface area contributed by atoms with Crippen molar-refractivity contribution >= 4 is 52.2 Å². The van der Waals surface area contributed by atoms with Gasteiger partial charge in [0.05, 0.1) is 36.9 Å². The van der Waals surface area contributed by atoms with E-state index in [0.717, 1.165) is 62.1 Å². The minimum absolute atomic E-state index is 0.0302. The number of amides is 3. The van der Waals surface area contributed by atoms with Crippen LogP contribution >= 0.6 is 11.6 Å². The molecule has 0 atom stereocenters. The first kappa shape index (κ1) is 50.9. The van der Waals surface area contributed by atoms with Crippen LogP contribution < -0.4 is 20.7 Å². The van der Waals surface area contributed by atoms with E-state index in [1.807, 2.05) is 60.7 Å². The fourth-order valence-electron chi connectivity index (χ4n) is 6.63. The lowest BCUT2D eigenvalue weighted by molar-refractivity contribution is -0.121. The number of phenols is 1. The summed E-state index contributed by atoms with van der Waals surface area (Å²) in [6, 6.07) is 30.1. The first-order chi connectivity index (χ1) is 32.0. The molecule has 3 amide bonds. The molecule has 1 heterocycles. The van der Waals surface area contributed by atoms with E-state index < -0.39 is 0 Å². The number of carbonyl (C=O) groups excluding carboxylic acids is 3. The highest BCUT2D eigenvalue weighted by molar-refractivity contribution is 6.17. The molecule has 0 aliphatic heterocycles. The van der Waals surface area contributed by atoms with Gasteiger partial charge in [-0.25, -0.2) is 9.48 Å². The number of azo groups is 1. The molecule has 0 aliphatic rings. The van der Waals surface area contributed by atoms with Gasteiger partial charge in [-0.3, -0.25) is 14.9 Å². The van der Waals surface area contributed by atoms with Crippen molar-refractivity contribution in [1.29, 1.82) is 0 Å². The lowest BCUT2D eigenvalue weighted by atomic mass is 9.92. The van der Waals surface area contributed by atoms with Crippen LogP contribution in [0.15, 0.2) is 113 Å². The van der Waals surface area contributed by atoms with Crippen molar-refractivity contribution in [2.24, 2.45) is 10.2 Å². The maximum atomic E-state index is 12.9. The SMILES string of the molecule is CC(C)(C)c1cc(NC(=O)Nc2ccccc2)n(-c2cccc(CNC(=O)CCCCCOc3ccc(N=Nc4ccc(C(=O)CCCOCCOCCCCCCCl)cc4)c(O)c3)c2)n1. The number of alkyl halides is 1. The van der Waals surface area contributed by atoms with E-state index in [2.05, 4.69) is 47.0 Å². The summed E-state index contributed by atoms with van der Waals surface area (Å²) in [6.07, 6.45) is 7.94. The zero-order valence-corrected chi connectivity index (χ0v) is 39.2. The van der Waals surface area contributed by atoms with E-state index in [1.165, 1.54) is 6.07 Å². The van der Waals surface area contributed by atoms with Crippen LogP contribution in [0.3, 0.4) is 0 Å². The van der Waals surface area contributed by atoms with Crippen molar-refractivity contribution in [2.45, 2.75) is 96.9 Å². The van der Waals surface area contributed by atoms with Crippen molar-refractivity contribution < 1.29 is 33.7 Å². The van der Waals surface area contributed by atoms with E-state index in [9.17, 15) is 19.5 Å². The molecule has 5 rings (SSSR count). The van der Waals surface area contributed by atoms with Gasteiger partial charge in [0.25, 0.3) is 0 Å². The second-order valence-corrected chi connectivity index (χ2v) is 17.3. The van der Waals surface area contributed by atoms with Crippen molar-refractivity contribution in [1.82, 2.24) is 15.1 Å². The normalized spacial score (nSPS) is 11.5. The summed E-state index contributed by atoms with van der Waals surface area (Å²) in [5.41, 5.74) is 4.32. The van der Waals surface area contributed by atoms with E-state index in [1.54, 1.807) is 41.1 Å². The molecule has 0 spiro atoms. The average molecular weight is 923 g/mol. The van der Waals surface area contributed by atoms with Crippen LogP contribution in [0.25, 0.3) is 5.69 Å². The highest BCUT2D eigenvalue weighted by Crippen LogP contribution is 2.32. The topological polar surface area (TPSA) is 178 Å². The molecule has 0 radical (unpaired) electrons. The van der Waals surface area contributed by atoms with E-state index in [-0.39, 0.29) is 34.6 Å². The minimum Gasteiger partial charge on any atom is -0.505 e. The number of aromatic hydroxyl groups is 1. The van der Waals surface area contributed by atoms with Gasteiger partial charge >= 0.3 is 6.03 Å². The number of benzene rings is 4. The van der Waals surface area contributed by atoms with Gasteiger partial charge in [0, 0.05) is 67.3 Å². The number of nitrogens with zero attached hydrogens (tertiary/aromatic N) is 4. The van der Waals surface area contributed by atoms with Crippen LogP contribution in [-0.2, 0) is 26.2 Å². The van der Waals surface area contributed by atoms with Gasteiger partial charge in [0.1, 0.15) is 23.0 Å². The van der Waals surface area contributed by atoms with Gasteiger partial charge in [-0.15, -0.1) is 16.7 Å². The standard InChI is InChI=1S/C51H64ClN7O7/c1-51(2,3)47-36-48(55-50(63)54-40-17-8-6-9-18-40)59(58-47)42-19-14-16-38(34-42)37-53-49(62)21-10-7-13-31-66-43-26-27-44(46(61)35-43)57-56-41-24-22-39(23-25-41)45(60)20-15-30-65-33-32-64-29-12-5-4-11-28-52/h6,8-9,14,16-19,22-27,34-36,61H,4-5,7,10-13,15,20-21,28-33,37H2,1-3H3,(H,53,62)(H2,54,55,63). The number of ketones is 1. The number of hydrogen-bond acceptors (Lipinski definition) is 10. The number of hydrogen-bond donors (Lipinski definition) is 4. The summed E-state index contributed by atoms with van der Waals surface area (Å²) in [6.45, 7) is 9.26. The largest absolute Gasteiger partial charge is 0.505 e. The van der Waals surface area contributed by atoms with Crippen LogP contribution in [0, 0.1) is 0 Å². The summed E-state index contributed by atoms with van der Waals surface area (Å²) in [5, 5.41) is 32.6. The Morgan fingerprint density at radius 1 is 0.712 bits per heavy atom. The number of rotatable bonds is 28. The Morgan fingerprint density at radius 3 is 2.18 bits per heavy atom. The Hall–Kier alpha value is -6.09. The molecule has 0 saturated carbocycles. The summed E-state index contributed by atoms with van der Waals surface area (Å²) >= 11 is 5.69. The molecule has 0 saturated heterocycles. The van der Waals surface area contributed by atoms with Gasteiger partial charge in [-0.05, 0) is 105 Å². The number of phenolic OH excluding ortho intramolecular Hbond substituents is 1. The first-order valence-corrected chi connectivity index (χ1v) is 23.3. The number of nitrogens with one attached hydrogen (secondary N) is 3. The average Bonchev–Trinajstić information content (AvgIpc) is 3.74. The molecule has 4 N–H and O–H groups in total. The minimum atomic E-state index is -0.381. The van der Waals surface area contributed by atoms with Crippen molar-refractivity contribution in [2.75, 3.05) is 49.5 Å². The van der Waals surface area contributed by atoms with Crippen molar-refractivity contribution in [3.63, 3.8) is 0 Å². The second kappa shape index (κ2) is 27.4. The molecule has 14 nitrogen and oxygen atoms in total. The highest BCUT2D eigenvalue weighted by Gasteiger charge is 2.22. The number of Topliss-reactive ketones (excluding diaryl/α,β-unsaturated/α-hetero) is 1. The molecule has 1 aromatic heterocycles. The van der Waals surface area contributed by atoms with Crippen LogP contribution in [0.4, 0.5) is 27.7 Å². The molecule has 0 bridgehead atoms. The molecule has 0 unspecified atom stereocenters. The van der Waals surface area contributed by atoms with Gasteiger partial charge in [-0.1, -0.05) is 63.9 Å². The number of ether oxygens (including phenoxy) is 3. The van der Waals surface area contributed by atoms with Crippen molar-refractivity contribution in [3.8, 4) is 17.2 Å². The number of aromatic nitrogens is 2. The molecular weight excluding hydrogens is 858 g/mol. The van der Waals surface area contributed by atoms with Crippen LogP contribution in [0.2, 0.25) is 0 Å². The summed E-state index contributed by atoms with van der Waals surface area (Å²) < 4.78 is 18.7. The molecule has 0 aliphatic carbocycles. The van der Waals surface area contributed by atoms with Gasteiger partial charge in [0.15, 0.2) is 5.78 Å². The lowest BCUT2D eigenvalue weighted by Gasteiger charge is -2.14. The zero-order valence-electron chi connectivity index (χ0n) is 38.4. The number of urea groups is 1. The zero-order chi connectivity index (χ0) is 47.0. The van der Waals surface area contributed by atoms with Crippen LogP contribution in [0.5, 0.6) is 11.5 Å². The second-order valence-electron chi connectivity index (χ2n) is 16.9. The summed E-state index contributed by atoms with van der Waals surface area (Å²) in [4.78, 5) is 38.3. The van der Waals surface area contributed by atoms with E-state index in [4.69, 9.17) is 30.9 Å². The molecular formula is C51H64ClN7O7. The van der Waals surface area contributed by atoms with E-state index in [0.29, 0.717) is 93.0 Å². The molecule has 0 fully saturated rings. The van der Waals surface area contributed by atoms with Gasteiger partial charge in [0.2, 0.25) is 5.91 Å². The molecule has 352 valence electrons. The van der Waals surface area contributed by atoms with Crippen molar-refractivity contribution in [3.05, 3.63) is 120 Å². The van der Waals surface area contributed by atoms with Gasteiger partial charge in [-0.2, -0.15) is 10.2 Å². The fourth-order valence-corrected chi connectivity index (χ4v) is 6.82. The Labute approximate surface area is 393 Å². The monoisotopic (exact) mass is 921 g/mol. The Morgan fingerprint density at radius 2 is 1.44 bits per heavy atom. The van der Waals surface area contributed by atoms with Gasteiger partial charge < -0.3 is 30.0 Å². The number of halogens is 1.